The van der Waals surface area contributed by atoms with E-state index in [1.807, 2.05) is 4.90 Å². The van der Waals surface area contributed by atoms with Gasteiger partial charge in [-0.05, 0) is 25.8 Å². The second kappa shape index (κ2) is 6.44. The molecule has 1 fully saturated rings. The third-order valence-corrected chi connectivity index (χ3v) is 3.27. The van der Waals surface area contributed by atoms with E-state index in [0.717, 1.165) is 38.9 Å². The minimum Gasteiger partial charge on any atom is -0.338 e. The van der Waals surface area contributed by atoms with E-state index in [1.54, 1.807) is 12.4 Å². The van der Waals surface area contributed by atoms with Gasteiger partial charge in [0.25, 0.3) is 5.91 Å². The molecule has 1 aromatic heterocycles. The summed E-state index contributed by atoms with van der Waals surface area (Å²) in [6.07, 6.45) is 7.81. The Morgan fingerprint density at radius 2 is 2.06 bits per heavy atom. The highest BCUT2D eigenvalue weighted by Gasteiger charge is 2.23. The van der Waals surface area contributed by atoms with E-state index in [2.05, 4.69) is 22.2 Å². The molecular weight excluding hydrogens is 228 g/mol. The zero-order valence-corrected chi connectivity index (χ0v) is 10.8. The number of carbonyl (C=O) groups is 1. The van der Waals surface area contributed by atoms with Gasteiger partial charge in [-0.1, -0.05) is 6.92 Å². The second-order valence-electron chi connectivity index (χ2n) is 4.65. The third-order valence-electron chi connectivity index (χ3n) is 3.27. The van der Waals surface area contributed by atoms with Crippen molar-refractivity contribution in [2.45, 2.75) is 32.2 Å². The van der Waals surface area contributed by atoms with Crippen LogP contribution in [0.25, 0.3) is 0 Å². The molecule has 0 bridgehead atoms. The number of likely N-dealkylation sites (tertiary alicyclic amines) is 1. The molecule has 1 amide bonds. The van der Waals surface area contributed by atoms with Crippen molar-refractivity contribution in [2.75, 3.05) is 19.6 Å². The molecule has 2 heterocycles. The van der Waals surface area contributed by atoms with E-state index < -0.39 is 0 Å². The molecule has 1 N–H and O–H groups in total. The number of carbonyl (C=O) groups excluding carboxylic acids is 1. The molecular formula is C13H20N4O. The standard InChI is InChI=1S/C13H20N4O/c1-2-5-16-12-3-6-17(7-4-12)13(18)11-8-14-10-15-9-11/h8-10,12,16H,2-7H2,1H3. The molecule has 0 spiro atoms. The zero-order chi connectivity index (χ0) is 12.8. The number of hydrogen-bond donors (Lipinski definition) is 1. The second-order valence-corrected chi connectivity index (χ2v) is 4.65. The van der Waals surface area contributed by atoms with Gasteiger partial charge in [-0.3, -0.25) is 4.79 Å². The smallest absolute Gasteiger partial charge is 0.256 e. The van der Waals surface area contributed by atoms with E-state index in [0.29, 0.717) is 11.6 Å². The predicted octanol–water partition coefficient (Wildman–Crippen LogP) is 1.08. The Kier molecular flexibility index (Phi) is 4.64. The van der Waals surface area contributed by atoms with Crippen LogP contribution < -0.4 is 5.32 Å². The Hall–Kier alpha value is -1.49. The van der Waals surface area contributed by atoms with Crippen LogP contribution in [-0.2, 0) is 0 Å². The van der Waals surface area contributed by atoms with Gasteiger partial charge < -0.3 is 10.2 Å². The van der Waals surface area contributed by atoms with Gasteiger partial charge in [-0.25, -0.2) is 9.97 Å². The van der Waals surface area contributed by atoms with Crippen LogP contribution in [0.5, 0.6) is 0 Å². The van der Waals surface area contributed by atoms with Gasteiger partial charge in [0, 0.05) is 31.5 Å². The van der Waals surface area contributed by atoms with Crippen LogP contribution in [0.2, 0.25) is 0 Å². The molecule has 2 rings (SSSR count). The Morgan fingerprint density at radius 1 is 1.39 bits per heavy atom. The van der Waals surface area contributed by atoms with Crippen LogP contribution >= 0.6 is 0 Å². The molecule has 1 saturated heterocycles. The first-order valence-electron chi connectivity index (χ1n) is 6.59. The first kappa shape index (κ1) is 13.0. The lowest BCUT2D eigenvalue weighted by Crippen LogP contribution is -2.45. The van der Waals surface area contributed by atoms with E-state index in [-0.39, 0.29) is 5.91 Å². The number of amides is 1. The van der Waals surface area contributed by atoms with E-state index in [9.17, 15) is 4.79 Å². The third kappa shape index (κ3) is 3.26. The molecule has 0 saturated carbocycles. The first-order valence-corrected chi connectivity index (χ1v) is 6.59. The Bertz CT molecular complexity index is 374. The number of nitrogens with zero attached hydrogens (tertiary/aromatic N) is 3. The van der Waals surface area contributed by atoms with Gasteiger partial charge in [0.15, 0.2) is 0 Å². The van der Waals surface area contributed by atoms with Gasteiger partial charge in [-0.2, -0.15) is 0 Å². The molecule has 1 aromatic rings. The SMILES string of the molecule is CCCNC1CCN(C(=O)c2cncnc2)CC1. The number of rotatable bonds is 4. The van der Waals surface area contributed by atoms with E-state index >= 15 is 0 Å². The van der Waals surface area contributed by atoms with Crippen molar-refractivity contribution in [3.63, 3.8) is 0 Å². The summed E-state index contributed by atoms with van der Waals surface area (Å²) in [5.74, 6) is 0.0459. The number of aromatic nitrogens is 2. The highest BCUT2D eigenvalue weighted by molar-refractivity contribution is 5.93. The summed E-state index contributed by atoms with van der Waals surface area (Å²) in [5, 5.41) is 3.51. The molecule has 5 heteroatoms. The number of hydrogen-bond acceptors (Lipinski definition) is 4. The maximum absolute atomic E-state index is 12.1. The first-order chi connectivity index (χ1) is 8.81. The summed E-state index contributed by atoms with van der Waals surface area (Å²) in [6.45, 7) is 4.86. The van der Waals surface area contributed by atoms with Crippen molar-refractivity contribution in [1.82, 2.24) is 20.2 Å². The zero-order valence-electron chi connectivity index (χ0n) is 10.8. The van der Waals surface area contributed by atoms with Crippen LogP contribution in [0.3, 0.4) is 0 Å². The van der Waals surface area contributed by atoms with Crippen molar-refractivity contribution in [1.29, 1.82) is 0 Å². The summed E-state index contributed by atoms with van der Waals surface area (Å²) >= 11 is 0. The molecule has 18 heavy (non-hydrogen) atoms. The minimum atomic E-state index is 0.0459. The topological polar surface area (TPSA) is 58.1 Å². The fraction of sp³-hybridized carbons (Fsp3) is 0.615. The molecule has 0 unspecified atom stereocenters. The van der Waals surface area contributed by atoms with Crippen molar-refractivity contribution in [3.8, 4) is 0 Å². The summed E-state index contributed by atoms with van der Waals surface area (Å²) in [5.41, 5.74) is 0.581. The summed E-state index contributed by atoms with van der Waals surface area (Å²) < 4.78 is 0. The van der Waals surface area contributed by atoms with E-state index in [4.69, 9.17) is 0 Å². The van der Waals surface area contributed by atoms with Crippen molar-refractivity contribution in [2.24, 2.45) is 0 Å². The predicted molar refractivity (Wildman–Crippen MR) is 69.3 cm³/mol. The molecule has 0 radical (unpaired) electrons. The van der Waals surface area contributed by atoms with Crippen molar-refractivity contribution >= 4 is 5.91 Å². The van der Waals surface area contributed by atoms with Crippen LogP contribution in [0.4, 0.5) is 0 Å². The summed E-state index contributed by atoms with van der Waals surface area (Å²) in [6, 6.07) is 0.557. The fourth-order valence-corrected chi connectivity index (χ4v) is 2.23. The Morgan fingerprint density at radius 3 is 2.67 bits per heavy atom. The van der Waals surface area contributed by atoms with Crippen molar-refractivity contribution < 1.29 is 4.79 Å². The van der Waals surface area contributed by atoms with Crippen molar-refractivity contribution in [3.05, 3.63) is 24.3 Å². The molecule has 1 aliphatic rings. The largest absolute Gasteiger partial charge is 0.338 e. The lowest BCUT2D eigenvalue weighted by Gasteiger charge is -2.32. The number of piperidine rings is 1. The molecule has 98 valence electrons. The fourth-order valence-electron chi connectivity index (χ4n) is 2.23. The summed E-state index contributed by atoms with van der Waals surface area (Å²) in [7, 11) is 0. The van der Waals surface area contributed by atoms with Crippen LogP contribution in [-0.4, -0.2) is 46.5 Å². The molecule has 0 atom stereocenters. The Labute approximate surface area is 108 Å². The van der Waals surface area contributed by atoms with Gasteiger partial charge >= 0.3 is 0 Å². The highest BCUT2D eigenvalue weighted by atomic mass is 16.2. The maximum atomic E-state index is 12.1. The van der Waals surface area contributed by atoms with E-state index in [1.165, 1.54) is 6.33 Å². The highest BCUT2D eigenvalue weighted by Crippen LogP contribution is 2.13. The number of nitrogens with one attached hydrogen (secondary N) is 1. The maximum Gasteiger partial charge on any atom is 0.256 e. The average molecular weight is 248 g/mol. The Balaban J connectivity index is 1.84. The van der Waals surface area contributed by atoms with Gasteiger partial charge in [-0.15, -0.1) is 0 Å². The van der Waals surface area contributed by atoms with Gasteiger partial charge in [0.2, 0.25) is 0 Å². The van der Waals surface area contributed by atoms with Crippen LogP contribution in [0.1, 0.15) is 36.5 Å². The minimum absolute atomic E-state index is 0.0459. The van der Waals surface area contributed by atoms with Crippen LogP contribution in [0.15, 0.2) is 18.7 Å². The summed E-state index contributed by atoms with van der Waals surface area (Å²) in [4.78, 5) is 21.8. The van der Waals surface area contributed by atoms with Crippen LogP contribution in [0, 0.1) is 0 Å². The van der Waals surface area contributed by atoms with Gasteiger partial charge in [0.1, 0.15) is 6.33 Å². The lowest BCUT2D eigenvalue weighted by atomic mass is 10.0. The average Bonchev–Trinajstić information content (AvgIpc) is 2.46. The molecule has 1 aliphatic heterocycles. The van der Waals surface area contributed by atoms with Gasteiger partial charge in [0.05, 0.1) is 5.56 Å². The molecule has 5 nitrogen and oxygen atoms in total. The normalized spacial score (nSPS) is 16.8. The lowest BCUT2D eigenvalue weighted by molar-refractivity contribution is 0.0704. The molecule has 0 aromatic carbocycles. The molecule has 0 aliphatic carbocycles. The monoisotopic (exact) mass is 248 g/mol. The quantitative estimate of drug-likeness (QED) is 0.866.